The third-order valence-corrected chi connectivity index (χ3v) is 3.87. The maximum atomic E-state index is 6.26. The summed E-state index contributed by atoms with van der Waals surface area (Å²) in [5.41, 5.74) is 10.0. The van der Waals surface area contributed by atoms with Gasteiger partial charge in [-0.05, 0) is 35.4 Å². The van der Waals surface area contributed by atoms with Crippen molar-refractivity contribution in [3.05, 3.63) is 51.5 Å². The number of rotatable bonds is 2. The minimum atomic E-state index is 0.460. The van der Waals surface area contributed by atoms with E-state index >= 15 is 0 Å². The zero-order valence-corrected chi connectivity index (χ0v) is 11.8. The lowest BCUT2D eigenvalue weighted by Crippen LogP contribution is -2.00. The van der Waals surface area contributed by atoms with Gasteiger partial charge in [0, 0.05) is 34.1 Å². The lowest BCUT2D eigenvalue weighted by molar-refractivity contribution is 0.353. The molecule has 1 aliphatic heterocycles. The van der Waals surface area contributed by atoms with Crippen LogP contribution in [-0.4, -0.2) is 6.61 Å². The zero-order chi connectivity index (χ0) is 13.4. The van der Waals surface area contributed by atoms with Crippen molar-refractivity contribution in [2.75, 3.05) is 6.61 Å². The summed E-state index contributed by atoms with van der Waals surface area (Å²) in [5.74, 6) is 0.941. The molecule has 1 heterocycles. The van der Waals surface area contributed by atoms with E-state index in [-0.39, 0.29) is 0 Å². The number of hydrogen-bond acceptors (Lipinski definition) is 2. The Balaban J connectivity index is 2.15. The van der Waals surface area contributed by atoms with E-state index in [1.807, 2.05) is 18.2 Å². The minimum Gasteiger partial charge on any atom is -0.493 e. The molecule has 0 radical (unpaired) electrons. The van der Waals surface area contributed by atoms with Crippen LogP contribution in [0.3, 0.4) is 0 Å². The van der Waals surface area contributed by atoms with Crippen LogP contribution < -0.4 is 10.5 Å². The minimum absolute atomic E-state index is 0.460. The summed E-state index contributed by atoms with van der Waals surface area (Å²) in [5, 5.41) is 1.28. The number of ether oxygens (including phenoxy) is 1. The molecule has 0 atom stereocenters. The Morgan fingerprint density at radius 1 is 1.16 bits per heavy atom. The predicted octanol–water partition coefficient (Wildman–Crippen LogP) is 4.05. The number of nitrogens with two attached hydrogens (primary N) is 1. The molecule has 98 valence electrons. The number of benzene rings is 2. The fourth-order valence-electron chi connectivity index (χ4n) is 2.42. The van der Waals surface area contributed by atoms with Crippen LogP contribution in [0, 0.1) is 0 Å². The molecule has 3 rings (SSSR count). The van der Waals surface area contributed by atoms with Crippen LogP contribution in [0.4, 0.5) is 0 Å². The molecule has 0 fully saturated rings. The highest BCUT2D eigenvalue weighted by atomic mass is 35.5. The molecule has 0 spiro atoms. The van der Waals surface area contributed by atoms with Crippen molar-refractivity contribution in [2.24, 2.45) is 5.73 Å². The van der Waals surface area contributed by atoms with Gasteiger partial charge in [0.15, 0.2) is 0 Å². The van der Waals surface area contributed by atoms with Gasteiger partial charge in [-0.25, -0.2) is 0 Å². The molecule has 2 nitrogen and oxygen atoms in total. The Morgan fingerprint density at radius 2 is 2.00 bits per heavy atom. The average molecular weight is 294 g/mol. The molecule has 0 aliphatic carbocycles. The second kappa shape index (κ2) is 5.04. The molecule has 1 aliphatic rings. The fraction of sp³-hybridized carbons (Fsp3) is 0.200. The molecule has 2 N–H and O–H groups in total. The van der Waals surface area contributed by atoms with Crippen molar-refractivity contribution in [1.29, 1.82) is 0 Å². The molecule has 2 aromatic carbocycles. The highest BCUT2D eigenvalue weighted by Crippen LogP contribution is 2.37. The second-order valence-electron chi connectivity index (χ2n) is 4.55. The largest absolute Gasteiger partial charge is 0.493 e. The number of halogens is 2. The van der Waals surface area contributed by atoms with Crippen LogP contribution in [0.5, 0.6) is 5.75 Å². The van der Waals surface area contributed by atoms with Gasteiger partial charge in [0.1, 0.15) is 5.75 Å². The van der Waals surface area contributed by atoms with Crippen LogP contribution in [0.25, 0.3) is 11.1 Å². The van der Waals surface area contributed by atoms with Crippen LogP contribution in [-0.2, 0) is 13.0 Å². The first kappa shape index (κ1) is 12.8. The molecule has 19 heavy (non-hydrogen) atoms. The van der Waals surface area contributed by atoms with Gasteiger partial charge in [-0.15, -0.1) is 0 Å². The van der Waals surface area contributed by atoms with Crippen molar-refractivity contribution in [1.82, 2.24) is 0 Å². The van der Waals surface area contributed by atoms with Crippen molar-refractivity contribution >= 4 is 23.2 Å². The Hall–Kier alpha value is -1.22. The summed E-state index contributed by atoms with van der Waals surface area (Å²) in [4.78, 5) is 0. The monoisotopic (exact) mass is 293 g/mol. The molecule has 0 unspecified atom stereocenters. The van der Waals surface area contributed by atoms with Crippen LogP contribution in [0.2, 0.25) is 10.0 Å². The predicted molar refractivity (Wildman–Crippen MR) is 79.0 cm³/mol. The van der Waals surface area contributed by atoms with Crippen molar-refractivity contribution in [3.8, 4) is 16.9 Å². The first-order chi connectivity index (χ1) is 9.19. The molecule has 0 aromatic heterocycles. The van der Waals surface area contributed by atoms with Crippen molar-refractivity contribution in [2.45, 2.75) is 13.0 Å². The van der Waals surface area contributed by atoms with Crippen LogP contribution in [0.15, 0.2) is 30.3 Å². The van der Waals surface area contributed by atoms with E-state index in [0.29, 0.717) is 16.6 Å². The van der Waals surface area contributed by atoms with Gasteiger partial charge in [-0.1, -0.05) is 29.3 Å². The Morgan fingerprint density at radius 3 is 2.74 bits per heavy atom. The quantitative estimate of drug-likeness (QED) is 0.906. The van der Waals surface area contributed by atoms with Gasteiger partial charge >= 0.3 is 0 Å². The van der Waals surface area contributed by atoms with Crippen LogP contribution in [0.1, 0.15) is 11.1 Å². The number of hydrogen-bond donors (Lipinski definition) is 1. The summed E-state index contributed by atoms with van der Waals surface area (Å²) in [6.07, 6.45) is 0.918. The van der Waals surface area contributed by atoms with Gasteiger partial charge in [-0.2, -0.15) is 0 Å². The number of fused-ring (bicyclic) bond motifs is 1. The van der Waals surface area contributed by atoms with E-state index < -0.39 is 0 Å². The van der Waals surface area contributed by atoms with Gasteiger partial charge in [0.05, 0.1) is 6.61 Å². The van der Waals surface area contributed by atoms with Crippen LogP contribution >= 0.6 is 23.2 Å². The molecular weight excluding hydrogens is 281 g/mol. The van der Waals surface area contributed by atoms with Gasteiger partial charge in [-0.3, -0.25) is 0 Å². The standard InChI is InChI=1S/C15H13Cl2NO/c16-12-1-2-13(14(17)7-12)10-5-9-3-4-19-15(9)11(6-10)8-18/h1-2,5-7H,3-4,8,18H2. The third-order valence-electron chi connectivity index (χ3n) is 3.32. The maximum Gasteiger partial charge on any atom is 0.127 e. The Labute approximate surface area is 122 Å². The molecule has 4 heteroatoms. The molecule has 0 saturated heterocycles. The molecule has 2 aromatic rings. The topological polar surface area (TPSA) is 35.2 Å². The Kier molecular flexibility index (Phi) is 3.40. The first-order valence-corrected chi connectivity index (χ1v) is 6.88. The van der Waals surface area contributed by atoms with E-state index in [4.69, 9.17) is 33.7 Å². The molecule has 0 saturated carbocycles. The average Bonchev–Trinajstić information content (AvgIpc) is 2.85. The molecule has 0 bridgehead atoms. The van der Waals surface area contributed by atoms with E-state index in [9.17, 15) is 0 Å². The summed E-state index contributed by atoms with van der Waals surface area (Å²) < 4.78 is 5.63. The highest BCUT2D eigenvalue weighted by molar-refractivity contribution is 6.36. The van der Waals surface area contributed by atoms with Gasteiger partial charge < -0.3 is 10.5 Å². The molecular formula is C15H13Cl2NO. The summed E-state index contributed by atoms with van der Waals surface area (Å²) >= 11 is 12.2. The Bertz CT molecular complexity index is 640. The fourth-order valence-corrected chi connectivity index (χ4v) is 2.94. The summed E-state index contributed by atoms with van der Waals surface area (Å²) in [6, 6.07) is 9.69. The smallest absolute Gasteiger partial charge is 0.127 e. The van der Waals surface area contributed by atoms with E-state index in [1.54, 1.807) is 6.07 Å². The van der Waals surface area contributed by atoms with E-state index in [0.717, 1.165) is 35.5 Å². The summed E-state index contributed by atoms with van der Waals surface area (Å²) in [6.45, 7) is 1.18. The van der Waals surface area contributed by atoms with Crippen molar-refractivity contribution in [3.63, 3.8) is 0 Å². The molecule has 0 amide bonds. The summed E-state index contributed by atoms with van der Waals surface area (Å²) in [7, 11) is 0. The SMILES string of the molecule is NCc1cc(-c2ccc(Cl)cc2Cl)cc2c1OCC2. The second-order valence-corrected chi connectivity index (χ2v) is 5.39. The third kappa shape index (κ3) is 2.32. The van der Waals surface area contributed by atoms with Gasteiger partial charge in [0.2, 0.25) is 0 Å². The maximum absolute atomic E-state index is 6.26. The van der Waals surface area contributed by atoms with E-state index in [2.05, 4.69) is 6.07 Å². The lowest BCUT2D eigenvalue weighted by atomic mass is 9.98. The van der Waals surface area contributed by atoms with E-state index in [1.165, 1.54) is 5.56 Å². The van der Waals surface area contributed by atoms with Gasteiger partial charge in [0.25, 0.3) is 0 Å². The van der Waals surface area contributed by atoms with Crippen molar-refractivity contribution < 1.29 is 4.74 Å². The lowest BCUT2D eigenvalue weighted by Gasteiger charge is -2.11. The highest BCUT2D eigenvalue weighted by Gasteiger charge is 2.18. The zero-order valence-electron chi connectivity index (χ0n) is 10.2. The normalized spacial score (nSPS) is 13.2. The first-order valence-electron chi connectivity index (χ1n) is 6.13.